The van der Waals surface area contributed by atoms with Gasteiger partial charge in [0.2, 0.25) is 0 Å². The molecule has 29 heavy (non-hydrogen) atoms. The van der Waals surface area contributed by atoms with E-state index in [4.69, 9.17) is 0 Å². The Bertz CT molecular complexity index is 1010. The lowest BCUT2D eigenvalue weighted by Gasteiger charge is -2.10. The average Bonchev–Trinajstić information content (AvgIpc) is 2.68. The van der Waals surface area contributed by atoms with Crippen LogP contribution >= 0.6 is 0 Å². The van der Waals surface area contributed by atoms with Gasteiger partial charge in [-0.1, -0.05) is 6.07 Å². The van der Waals surface area contributed by atoms with Crippen LogP contribution in [-0.4, -0.2) is 23.2 Å². The lowest BCUT2D eigenvalue weighted by Crippen LogP contribution is -2.17. The first-order valence-corrected chi connectivity index (χ1v) is 8.29. The minimum atomic E-state index is -4.80. The molecular formula is C20H14F3N3O3. The molecule has 2 aromatic carbocycles. The number of ether oxygens (including phenoxy) is 1. The molecule has 2 N–H and O–H groups in total. The van der Waals surface area contributed by atoms with Crippen molar-refractivity contribution in [2.75, 3.05) is 10.6 Å². The molecule has 0 saturated carbocycles. The molecule has 0 spiro atoms. The first-order valence-electron chi connectivity index (χ1n) is 8.29. The molecule has 148 valence electrons. The number of hydrogen-bond donors (Lipinski definition) is 2. The minimum absolute atomic E-state index is 0.131. The van der Waals surface area contributed by atoms with Crippen LogP contribution in [0, 0.1) is 0 Å². The summed E-state index contributed by atoms with van der Waals surface area (Å²) in [5, 5.41) is 5.29. The summed E-state index contributed by atoms with van der Waals surface area (Å²) in [5.41, 5.74) is 1.37. The second-order valence-corrected chi connectivity index (χ2v) is 5.80. The Kier molecular flexibility index (Phi) is 5.77. The van der Waals surface area contributed by atoms with Crippen LogP contribution in [0.1, 0.15) is 20.7 Å². The zero-order chi connectivity index (χ0) is 20.9. The van der Waals surface area contributed by atoms with Gasteiger partial charge in [-0.25, -0.2) is 0 Å². The van der Waals surface area contributed by atoms with Crippen LogP contribution in [0.15, 0.2) is 73.1 Å². The van der Waals surface area contributed by atoms with Crippen molar-refractivity contribution in [3.8, 4) is 5.75 Å². The number of alkyl halides is 3. The molecule has 0 atom stereocenters. The van der Waals surface area contributed by atoms with Gasteiger partial charge in [-0.05, 0) is 54.6 Å². The molecule has 0 aliphatic rings. The van der Waals surface area contributed by atoms with Gasteiger partial charge in [-0.3, -0.25) is 14.6 Å². The summed E-state index contributed by atoms with van der Waals surface area (Å²) in [6, 6.07) is 14.0. The number of anilines is 2. The van der Waals surface area contributed by atoms with Crippen molar-refractivity contribution in [2.45, 2.75) is 6.36 Å². The van der Waals surface area contributed by atoms with E-state index in [0.717, 1.165) is 12.1 Å². The molecule has 0 bridgehead atoms. The molecule has 1 aromatic heterocycles. The van der Waals surface area contributed by atoms with E-state index in [1.54, 1.807) is 30.3 Å². The molecule has 9 heteroatoms. The summed E-state index contributed by atoms with van der Waals surface area (Å²) in [7, 11) is 0. The fourth-order valence-corrected chi connectivity index (χ4v) is 2.39. The Morgan fingerprint density at radius 1 is 0.793 bits per heavy atom. The molecule has 6 nitrogen and oxygen atoms in total. The number of nitrogens with one attached hydrogen (secondary N) is 2. The standard InChI is InChI=1S/C20H14F3N3O3/c21-20(22,23)29-17-6-4-13(5-7-17)18(27)26-16-3-1-2-14(12-16)19(28)25-15-8-10-24-11-9-15/h1-12H,(H,26,27)(H,24,25,28). The van der Waals surface area contributed by atoms with Crippen molar-refractivity contribution >= 4 is 23.2 Å². The van der Waals surface area contributed by atoms with Crippen molar-refractivity contribution < 1.29 is 27.5 Å². The van der Waals surface area contributed by atoms with E-state index >= 15 is 0 Å². The zero-order valence-electron chi connectivity index (χ0n) is 14.7. The molecular weight excluding hydrogens is 387 g/mol. The first kappa shape index (κ1) is 19.9. The zero-order valence-corrected chi connectivity index (χ0v) is 14.7. The molecule has 3 rings (SSSR count). The topological polar surface area (TPSA) is 80.3 Å². The number of nitrogens with zero attached hydrogens (tertiary/aromatic N) is 1. The van der Waals surface area contributed by atoms with Gasteiger partial charge < -0.3 is 15.4 Å². The molecule has 0 unspecified atom stereocenters. The second-order valence-electron chi connectivity index (χ2n) is 5.80. The number of aromatic nitrogens is 1. The molecule has 0 fully saturated rings. The van der Waals surface area contributed by atoms with E-state index in [1.807, 2.05) is 0 Å². The predicted molar refractivity (Wildman–Crippen MR) is 99.7 cm³/mol. The quantitative estimate of drug-likeness (QED) is 0.660. The van der Waals surface area contributed by atoms with E-state index in [0.29, 0.717) is 16.9 Å². The van der Waals surface area contributed by atoms with Crippen molar-refractivity contribution in [1.82, 2.24) is 4.98 Å². The Morgan fingerprint density at radius 2 is 1.41 bits per heavy atom. The molecule has 0 aliphatic carbocycles. The third-order valence-corrected chi connectivity index (χ3v) is 3.67. The fourth-order valence-electron chi connectivity index (χ4n) is 2.39. The number of carbonyl (C=O) groups is 2. The Labute approximate surface area is 163 Å². The number of hydrogen-bond acceptors (Lipinski definition) is 4. The first-order chi connectivity index (χ1) is 13.8. The van der Waals surface area contributed by atoms with E-state index in [2.05, 4.69) is 20.4 Å². The highest BCUT2D eigenvalue weighted by molar-refractivity contribution is 6.07. The van der Waals surface area contributed by atoms with Crippen LogP contribution in [0.4, 0.5) is 24.5 Å². The van der Waals surface area contributed by atoms with E-state index in [9.17, 15) is 22.8 Å². The average molecular weight is 401 g/mol. The van der Waals surface area contributed by atoms with Crippen molar-refractivity contribution in [3.05, 3.63) is 84.2 Å². The maximum absolute atomic E-state index is 12.3. The number of pyridine rings is 1. The van der Waals surface area contributed by atoms with Crippen LogP contribution in [0.2, 0.25) is 0 Å². The van der Waals surface area contributed by atoms with Crippen LogP contribution in [-0.2, 0) is 0 Å². The number of benzene rings is 2. The highest BCUT2D eigenvalue weighted by Crippen LogP contribution is 2.23. The smallest absolute Gasteiger partial charge is 0.406 e. The summed E-state index contributed by atoms with van der Waals surface area (Å²) in [5.74, 6) is -1.35. The van der Waals surface area contributed by atoms with E-state index in [-0.39, 0.29) is 11.5 Å². The van der Waals surface area contributed by atoms with Crippen molar-refractivity contribution in [1.29, 1.82) is 0 Å². The lowest BCUT2D eigenvalue weighted by molar-refractivity contribution is -0.274. The van der Waals surface area contributed by atoms with Gasteiger partial charge in [0.05, 0.1) is 0 Å². The molecule has 1 heterocycles. The molecule has 2 amide bonds. The summed E-state index contributed by atoms with van der Waals surface area (Å²) < 4.78 is 40.3. The van der Waals surface area contributed by atoms with Gasteiger partial charge in [-0.2, -0.15) is 0 Å². The van der Waals surface area contributed by atoms with Gasteiger partial charge in [0.25, 0.3) is 11.8 Å². The number of carbonyl (C=O) groups excluding carboxylic acids is 2. The van der Waals surface area contributed by atoms with Gasteiger partial charge in [0.15, 0.2) is 0 Å². The molecule has 0 radical (unpaired) electrons. The maximum Gasteiger partial charge on any atom is 0.573 e. The lowest BCUT2D eigenvalue weighted by atomic mass is 10.1. The third-order valence-electron chi connectivity index (χ3n) is 3.67. The molecule has 0 aliphatic heterocycles. The summed E-state index contributed by atoms with van der Waals surface area (Å²) in [6.45, 7) is 0. The van der Waals surface area contributed by atoms with Gasteiger partial charge in [0.1, 0.15) is 5.75 Å². The minimum Gasteiger partial charge on any atom is -0.406 e. The van der Waals surface area contributed by atoms with E-state index < -0.39 is 18.0 Å². The molecule has 3 aromatic rings. The van der Waals surface area contributed by atoms with Crippen molar-refractivity contribution in [2.24, 2.45) is 0 Å². The Hall–Kier alpha value is -3.88. The highest BCUT2D eigenvalue weighted by atomic mass is 19.4. The maximum atomic E-state index is 12.3. The summed E-state index contributed by atoms with van der Waals surface area (Å²) in [6.07, 6.45) is -1.73. The summed E-state index contributed by atoms with van der Waals surface area (Å²) >= 11 is 0. The normalized spacial score (nSPS) is 10.9. The summed E-state index contributed by atoms with van der Waals surface area (Å²) in [4.78, 5) is 28.5. The number of halogens is 3. The van der Waals surface area contributed by atoms with Crippen LogP contribution in [0.5, 0.6) is 5.75 Å². The highest BCUT2D eigenvalue weighted by Gasteiger charge is 2.31. The monoisotopic (exact) mass is 401 g/mol. The predicted octanol–water partition coefficient (Wildman–Crippen LogP) is 4.48. The number of amides is 2. The van der Waals surface area contributed by atoms with Gasteiger partial charge in [0, 0.05) is 34.9 Å². The fraction of sp³-hybridized carbons (Fsp3) is 0.0500. The number of rotatable bonds is 5. The largest absolute Gasteiger partial charge is 0.573 e. The third kappa shape index (κ3) is 5.80. The Balaban J connectivity index is 1.66. The van der Waals surface area contributed by atoms with Crippen LogP contribution in [0.3, 0.4) is 0 Å². The second kappa shape index (κ2) is 8.42. The van der Waals surface area contributed by atoms with Crippen LogP contribution in [0.25, 0.3) is 0 Å². The Morgan fingerprint density at radius 3 is 2.07 bits per heavy atom. The molecule has 0 saturated heterocycles. The van der Waals surface area contributed by atoms with Gasteiger partial charge >= 0.3 is 6.36 Å². The SMILES string of the molecule is O=C(Nc1cccc(C(=O)Nc2ccncc2)c1)c1ccc(OC(F)(F)F)cc1. The van der Waals surface area contributed by atoms with Gasteiger partial charge in [-0.15, -0.1) is 13.2 Å². The van der Waals surface area contributed by atoms with Crippen molar-refractivity contribution in [3.63, 3.8) is 0 Å². The van der Waals surface area contributed by atoms with Crippen LogP contribution < -0.4 is 15.4 Å². The van der Waals surface area contributed by atoms with E-state index in [1.165, 1.54) is 30.6 Å².